The van der Waals surface area contributed by atoms with E-state index in [4.69, 9.17) is 0 Å². The summed E-state index contributed by atoms with van der Waals surface area (Å²) in [5.74, 6) is 0.595. The molecule has 0 saturated heterocycles. The number of aliphatic imine (C=N–C) groups is 2. The first kappa shape index (κ1) is 5.48. The molecule has 2 heteroatoms. The SMILES string of the molecule is CC(C)C1C=NC=N1. The summed E-state index contributed by atoms with van der Waals surface area (Å²) < 4.78 is 0. The van der Waals surface area contributed by atoms with Gasteiger partial charge >= 0.3 is 0 Å². The molecule has 1 atom stereocenters. The molecule has 0 aromatic rings. The van der Waals surface area contributed by atoms with Gasteiger partial charge in [-0.3, -0.25) is 4.99 Å². The van der Waals surface area contributed by atoms with Gasteiger partial charge in [0.15, 0.2) is 0 Å². The summed E-state index contributed by atoms with van der Waals surface area (Å²) in [6.45, 7) is 4.28. The Morgan fingerprint density at radius 2 is 2.25 bits per heavy atom. The van der Waals surface area contributed by atoms with Gasteiger partial charge in [-0.05, 0) is 5.92 Å². The molecule has 0 fully saturated rings. The maximum atomic E-state index is 4.09. The lowest BCUT2D eigenvalue weighted by molar-refractivity contribution is 0.611. The van der Waals surface area contributed by atoms with Gasteiger partial charge in [0, 0.05) is 6.21 Å². The largest absolute Gasteiger partial charge is 0.264 e. The van der Waals surface area contributed by atoms with Crippen molar-refractivity contribution >= 4 is 12.6 Å². The summed E-state index contributed by atoms with van der Waals surface area (Å²) >= 11 is 0. The second-order valence-electron chi connectivity index (χ2n) is 2.30. The van der Waals surface area contributed by atoms with Gasteiger partial charge in [-0.1, -0.05) is 13.8 Å². The van der Waals surface area contributed by atoms with E-state index in [0.29, 0.717) is 12.0 Å². The normalized spacial score (nSPS) is 25.6. The highest BCUT2D eigenvalue weighted by atomic mass is 15.0. The number of rotatable bonds is 1. The van der Waals surface area contributed by atoms with Crippen LogP contribution in [0.15, 0.2) is 9.98 Å². The van der Waals surface area contributed by atoms with E-state index in [1.807, 2.05) is 6.21 Å². The third-order valence-corrected chi connectivity index (χ3v) is 1.23. The van der Waals surface area contributed by atoms with Crippen molar-refractivity contribution < 1.29 is 0 Å². The minimum atomic E-state index is 0.343. The molecule has 0 aromatic carbocycles. The number of hydrogen-bond donors (Lipinski definition) is 0. The van der Waals surface area contributed by atoms with E-state index in [1.165, 1.54) is 0 Å². The first-order chi connectivity index (χ1) is 3.80. The van der Waals surface area contributed by atoms with E-state index in [1.54, 1.807) is 6.34 Å². The summed E-state index contributed by atoms with van der Waals surface area (Å²) in [5, 5.41) is 0. The van der Waals surface area contributed by atoms with E-state index in [9.17, 15) is 0 Å². The molecule has 1 heterocycles. The van der Waals surface area contributed by atoms with Crippen LogP contribution in [0.5, 0.6) is 0 Å². The van der Waals surface area contributed by atoms with Gasteiger partial charge in [0.25, 0.3) is 0 Å². The molecular weight excluding hydrogens is 100 g/mol. The Morgan fingerprint density at radius 3 is 2.50 bits per heavy atom. The van der Waals surface area contributed by atoms with Crippen LogP contribution >= 0.6 is 0 Å². The zero-order valence-electron chi connectivity index (χ0n) is 5.20. The molecule has 0 amide bonds. The molecular formula is C6H10N2. The zero-order valence-corrected chi connectivity index (χ0v) is 5.20. The highest BCUT2D eigenvalue weighted by molar-refractivity contribution is 5.82. The van der Waals surface area contributed by atoms with E-state index in [2.05, 4.69) is 23.8 Å². The smallest absolute Gasteiger partial charge is 0.110 e. The van der Waals surface area contributed by atoms with Crippen LogP contribution in [-0.4, -0.2) is 18.6 Å². The van der Waals surface area contributed by atoms with Crippen molar-refractivity contribution in [3.63, 3.8) is 0 Å². The Balaban J connectivity index is 2.49. The monoisotopic (exact) mass is 110 g/mol. The molecule has 0 saturated carbocycles. The van der Waals surface area contributed by atoms with E-state index < -0.39 is 0 Å². The topological polar surface area (TPSA) is 24.7 Å². The zero-order chi connectivity index (χ0) is 5.98. The second-order valence-corrected chi connectivity index (χ2v) is 2.30. The van der Waals surface area contributed by atoms with Crippen molar-refractivity contribution in [3.05, 3.63) is 0 Å². The molecule has 8 heavy (non-hydrogen) atoms. The molecule has 1 aliphatic rings. The highest BCUT2D eigenvalue weighted by Crippen LogP contribution is 2.05. The van der Waals surface area contributed by atoms with Crippen LogP contribution in [0.1, 0.15) is 13.8 Å². The van der Waals surface area contributed by atoms with Crippen molar-refractivity contribution in [1.29, 1.82) is 0 Å². The maximum absolute atomic E-state index is 4.09. The van der Waals surface area contributed by atoms with E-state index >= 15 is 0 Å². The van der Waals surface area contributed by atoms with Crippen molar-refractivity contribution in [3.8, 4) is 0 Å². The lowest BCUT2D eigenvalue weighted by atomic mass is 10.1. The van der Waals surface area contributed by atoms with Gasteiger partial charge in [-0.25, -0.2) is 4.99 Å². The van der Waals surface area contributed by atoms with Crippen molar-refractivity contribution in [1.82, 2.24) is 0 Å². The minimum absolute atomic E-state index is 0.343. The summed E-state index contributed by atoms with van der Waals surface area (Å²) in [6, 6.07) is 0.343. The molecule has 0 bridgehead atoms. The lowest BCUT2D eigenvalue weighted by Gasteiger charge is -2.04. The van der Waals surface area contributed by atoms with Gasteiger partial charge in [0.2, 0.25) is 0 Å². The fourth-order valence-corrected chi connectivity index (χ4v) is 0.625. The molecule has 0 spiro atoms. The van der Waals surface area contributed by atoms with Crippen LogP contribution in [0.2, 0.25) is 0 Å². The fraction of sp³-hybridized carbons (Fsp3) is 0.667. The molecule has 44 valence electrons. The van der Waals surface area contributed by atoms with Crippen LogP contribution in [0.4, 0.5) is 0 Å². The van der Waals surface area contributed by atoms with Gasteiger partial charge < -0.3 is 0 Å². The molecule has 0 N–H and O–H groups in total. The minimum Gasteiger partial charge on any atom is -0.264 e. The Kier molecular flexibility index (Phi) is 1.42. The Labute approximate surface area is 49.3 Å². The summed E-state index contributed by atoms with van der Waals surface area (Å²) in [5.41, 5.74) is 0. The van der Waals surface area contributed by atoms with Crippen LogP contribution in [0.3, 0.4) is 0 Å². The molecule has 0 aromatic heterocycles. The predicted molar refractivity (Wildman–Crippen MR) is 35.6 cm³/mol. The van der Waals surface area contributed by atoms with E-state index in [0.717, 1.165) is 0 Å². The van der Waals surface area contributed by atoms with Crippen LogP contribution in [0, 0.1) is 5.92 Å². The van der Waals surface area contributed by atoms with Crippen LogP contribution in [-0.2, 0) is 0 Å². The summed E-state index contributed by atoms with van der Waals surface area (Å²) in [4.78, 5) is 7.96. The Hall–Kier alpha value is -0.660. The Morgan fingerprint density at radius 1 is 1.50 bits per heavy atom. The van der Waals surface area contributed by atoms with Gasteiger partial charge in [-0.15, -0.1) is 0 Å². The first-order valence-electron chi connectivity index (χ1n) is 2.85. The molecule has 1 rings (SSSR count). The summed E-state index contributed by atoms with van der Waals surface area (Å²) in [7, 11) is 0. The summed E-state index contributed by atoms with van der Waals surface area (Å²) in [6.07, 6.45) is 3.50. The fourth-order valence-electron chi connectivity index (χ4n) is 0.625. The van der Waals surface area contributed by atoms with Gasteiger partial charge in [-0.2, -0.15) is 0 Å². The molecule has 1 aliphatic heterocycles. The predicted octanol–water partition coefficient (Wildman–Crippen LogP) is 1.12. The standard InChI is InChI=1S/C6H10N2/c1-5(2)6-3-7-4-8-6/h3-6H,1-2H3. The first-order valence-corrected chi connectivity index (χ1v) is 2.85. The number of hydrogen-bond acceptors (Lipinski definition) is 2. The third-order valence-electron chi connectivity index (χ3n) is 1.23. The average Bonchev–Trinajstić information content (AvgIpc) is 2.12. The van der Waals surface area contributed by atoms with Gasteiger partial charge in [0.05, 0.1) is 6.04 Å². The molecule has 2 nitrogen and oxygen atoms in total. The maximum Gasteiger partial charge on any atom is 0.110 e. The highest BCUT2D eigenvalue weighted by Gasteiger charge is 2.09. The lowest BCUT2D eigenvalue weighted by Crippen LogP contribution is -2.10. The van der Waals surface area contributed by atoms with Crippen molar-refractivity contribution in [2.24, 2.45) is 15.9 Å². The van der Waals surface area contributed by atoms with Crippen molar-refractivity contribution in [2.45, 2.75) is 19.9 Å². The third kappa shape index (κ3) is 0.941. The average molecular weight is 110 g/mol. The van der Waals surface area contributed by atoms with Crippen LogP contribution < -0.4 is 0 Å². The van der Waals surface area contributed by atoms with Gasteiger partial charge in [0.1, 0.15) is 6.34 Å². The number of nitrogens with zero attached hydrogens (tertiary/aromatic N) is 2. The Bertz CT molecular complexity index is 112. The quantitative estimate of drug-likeness (QED) is 0.483. The molecule has 1 unspecified atom stereocenters. The molecule has 0 aliphatic carbocycles. The molecule has 0 radical (unpaired) electrons. The van der Waals surface area contributed by atoms with E-state index in [-0.39, 0.29) is 0 Å². The van der Waals surface area contributed by atoms with Crippen molar-refractivity contribution in [2.75, 3.05) is 0 Å². The second kappa shape index (κ2) is 2.07. The van der Waals surface area contributed by atoms with Crippen LogP contribution in [0.25, 0.3) is 0 Å².